The maximum Gasteiger partial charge on any atom is 0.289 e. The summed E-state index contributed by atoms with van der Waals surface area (Å²) in [6.07, 6.45) is 0.603. The molecule has 6 nitrogen and oxygen atoms in total. The van der Waals surface area contributed by atoms with E-state index >= 15 is 0 Å². The highest BCUT2D eigenvalue weighted by Crippen LogP contribution is 2.21. The van der Waals surface area contributed by atoms with Gasteiger partial charge in [-0.1, -0.05) is 0 Å². The smallest absolute Gasteiger partial charge is 0.289 e. The molecule has 23 heavy (non-hydrogen) atoms. The second-order valence-corrected chi connectivity index (χ2v) is 6.39. The number of nitrogens with zero attached hydrogens (tertiary/aromatic N) is 2. The Bertz CT molecular complexity index is 796. The SMILES string of the molecule is Cc1cc(O[C@H]2CCN(C(=O)c3ccc(Br)o3)C2)cc(=O)n1C. The van der Waals surface area contributed by atoms with Crippen LogP contribution in [0, 0.1) is 6.92 Å². The average Bonchev–Trinajstić information content (AvgIpc) is 3.13. The molecule has 0 saturated carbocycles. The summed E-state index contributed by atoms with van der Waals surface area (Å²) in [6.45, 7) is 2.94. The van der Waals surface area contributed by atoms with E-state index in [9.17, 15) is 9.59 Å². The van der Waals surface area contributed by atoms with Gasteiger partial charge in [0.25, 0.3) is 11.5 Å². The summed E-state index contributed by atoms with van der Waals surface area (Å²) < 4.78 is 13.3. The molecule has 3 rings (SSSR count). The molecule has 0 radical (unpaired) electrons. The van der Waals surface area contributed by atoms with Crippen molar-refractivity contribution >= 4 is 21.8 Å². The number of rotatable bonds is 3. The van der Waals surface area contributed by atoms with Crippen molar-refractivity contribution in [3.8, 4) is 5.75 Å². The van der Waals surface area contributed by atoms with Crippen LogP contribution in [-0.4, -0.2) is 34.6 Å². The third kappa shape index (κ3) is 3.34. The molecule has 0 aromatic carbocycles. The first kappa shape index (κ1) is 15.9. The van der Waals surface area contributed by atoms with Crippen LogP contribution < -0.4 is 10.3 Å². The number of carbonyl (C=O) groups excluding carboxylic acids is 1. The van der Waals surface area contributed by atoms with Crippen LogP contribution >= 0.6 is 15.9 Å². The number of likely N-dealkylation sites (tertiary alicyclic amines) is 1. The molecule has 1 aliphatic heterocycles. The van der Waals surface area contributed by atoms with Crippen LogP contribution in [0.2, 0.25) is 0 Å². The molecule has 0 spiro atoms. The molecule has 7 heteroatoms. The number of halogens is 1. The van der Waals surface area contributed by atoms with Gasteiger partial charge in [-0.2, -0.15) is 0 Å². The minimum Gasteiger partial charge on any atom is -0.488 e. The number of carbonyl (C=O) groups is 1. The zero-order chi connectivity index (χ0) is 16.6. The standard InChI is InChI=1S/C16H17BrN2O4/c1-10-7-12(8-15(20)18(10)2)22-11-5-6-19(9-11)16(21)13-3-4-14(17)23-13/h3-4,7-8,11H,5-6,9H2,1-2H3/t11-/m0/s1. The Morgan fingerprint density at radius 1 is 1.39 bits per heavy atom. The van der Waals surface area contributed by atoms with Gasteiger partial charge in [0.2, 0.25) is 0 Å². The van der Waals surface area contributed by atoms with Crippen LogP contribution in [0.4, 0.5) is 0 Å². The first-order chi connectivity index (χ1) is 10.9. The van der Waals surface area contributed by atoms with Gasteiger partial charge in [0, 0.05) is 31.8 Å². The predicted molar refractivity (Wildman–Crippen MR) is 87.8 cm³/mol. The maximum atomic E-state index is 12.3. The normalized spacial score (nSPS) is 17.5. The number of furan rings is 1. The largest absolute Gasteiger partial charge is 0.488 e. The minimum absolute atomic E-state index is 0.105. The fraction of sp³-hybridized carbons (Fsp3) is 0.375. The van der Waals surface area contributed by atoms with E-state index in [0.717, 1.165) is 12.1 Å². The minimum atomic E-state index is -0.151. The molecule has 0 aliphatic carbocycles. The van der Waals surface area contributed by atoms with Crippen LogP contribution in [0.25, 0.3) is 0 Å². The maximum absolute atomic E-state index is 12.3. The van der Waals surface area contributed by atoms with Gasteiger partial charge in [-0.15, -0.1) is 0 Å². The van der Waals surface area contributed by atoms with E-state index in [1.54, 1.807) is 28.6 Å². The Labute approximate surface area is 141 Å². The number of hydrogen-bond donors (Lipinski definition) is 0. The van der Waals surface area contributed by atoms with Crippen molar-refractivity contribution in [3.63, 3.8) is 0 Å². The summed E-state index contributed by atoms with van der Waals surface area (Å²) in [4.78, 5) is 25.8. The first-order valence-electron chi connectivity index (χ1n) is 7.33. The van der Waals surface area contributed by atoms with E-state index in [4.69, 9.17) is 9.15 Å². The molecule has 3 heterocycles. The summed E-state index contributed by atoms with van der Waals surface area (Å²) in [5.74, 6) is 0.703. The Balaban J connectivity index is 1.66. The van der Waals surface area contributed by atoms with Gasteiger partial charge in [-0.3, -0.25) is 9.59 Å². The first-order valence-corrected chi connectivity index (χ1v) is 8.12. The van der Waals surface area contributed by atoms with Crippen molar-refractivity contribution in [1.29, 1.82) is 0 Å². The van der Waals surface area contributed by atoms with Gasteiger partial charge >= 0.3 is 0 Å². The molecule has 1 aliphatic rings. The molecular formula is C16H17BrN2O4. The van der Waals surface area contributed by atoms with Crippen molar-refractivity contribution in [3.05, 3.63) is 50.7 Å². The summed E-state index contributed by atoms with van der Waals surface area (Å²) >= 11 is 3.19. The number of aromatic nitrogens is 1. The van der Waals surface area contributed by atoms with Crippen LogP contribution in [0.1, 0.15) is 22.7 Å². The van der Waals surface area contributed by atoms with E-state index in [1.807, 2.05) is 13.0 Å². The highest BCUT2D eigenvalue weighted by molar-refractivity contribution is 9.10. The molecule has 0 N–H and O–H groups in total. The molecule has 1 atom stereocenters. The molecule has 0 unspecified atom stereocenters. The second-order valence-electron chi connectivity index (χ2n) is 5.61. The number of aryl methyl sites for hydroxylation is 1. The van der Waals surface area contributed by atoms with Gasteiger partial charge in [-0.05, 0) is 41.1 Å². The molecule has 122 valence electrons. The lowest BCUT2D eigenvalue weighted by Gasteiger charge is -2.16. The van der Waals surface area contributed by atoms with E-state index < -0.39 is 0 Å². The zero-order valence-electron chi connectivity index (χ0n) is 12.9. The van der Waals surface area contributed by atoms with Crippen molar-refractivity contribution in [2.45, 2.75) is 19.4 Å². The fourth-order valence-electron chi connectivity index (χ4n) is 2.59. The molecule has 2 aromatic heterocycles. The predicted octanol–water partition coefficient (Wildman–Crippen LogP) is 2.34. The third-order valence-electron chi connectivity index (χ3n) is 4.00. The highest BCUT2D eigenvalue weighted by atomic mass is 79.9. The van der Waals surface area contributed by atoms with Gasteiger partial charge < -0.3 is 18.6 Å². The Morgan fingerprint density at radius 2 is 2.17 bits per heavy atom. The summed E-state index contributed by atoms with van der Waals surface area (Å²) in [6, 6.07) is 6.64. The Hall–Kier alpha value is -2.02. The van der Waals surface area contributed by atoms with Crippen molar-refractivity contribution < 1.29 is 13.9 Å². The average molecular weight is 381 g/mol. The van der Waals surface area contributed by atoms with E-state index in [0.29, 0.717) is 29.3 Å². The van der Waals surface area contributed by atoms with Crippen LogP contribution in [0.3, 0.4) is 0 Å². The topological polar surface area (TPSA) is 64.7 Å². The summed E-state index contributed by atoms with van der Waals surface area (Å²) in [7, 11) is 1.72. The van der Waals surface area contributed by atoms with Crippen molar-refractivity contribution in [2.24, 2.45) is 7.05 Å². The van der Waals surface area contributed by atoms with Gasteiger partial charge in [0.1, 0.15) is 11.9 Å². The summed E-state index contributed by atoms with van der Waals surface area (Å²) in [5, 5.41) is 0. The quantitative estimate of drug-likeness (QED) is 0.819. The van der Waals surface area contributed by atoms with Gasteiger partial charge in [-0.25, -0.2) is 0 Å². The van der Waals surface area contributed by atoms with Gasteiger partial charge in [0.15, 0.2) is 10.4 Å². The lowest BCUT2D eigenvalue weighted by Crippen LogP contribution is -2.30. The molecular weight excluding hydrogens is 364 g/mol. The summed E-state index contributed by atoms with van der Waals surface area (Å²) in [5.41, 5.74) is 0.727. The monoisotopic (exact) mass is 380 g/mol. The van der Waals surface area contributed by atoms with Crippen molar-refractivity contribution in [1.82, 2.24) is 9.47 Å². The van der Waals surface area contributed by atoms with E-state index in [2.05, 4.69) is 15.9 Å². The third-order valence-corrected chi connectivity index (χ3v) is 4.42. The van der Waals surface area contributed by atoms with E-state index in [-0.39, 0.29) is 17.6 Å². The second kappa shape index (κ2) is 6.23. The lowest BCUT2D eigenvalue weighted by molar-refractivity contribution is 0.0739. The van der Waals surface area contributed by atoms with E-state index in [1.165, 1.54) is 6.07 Å². The highest BCUT2D eigenvalue weighted by Gasteiger charge is 2.29. The number of hydrogen-bond acceptors (Lipinski definition) is 4. The Kier molecular flexibility index (Phi) is 4.30. The van der Waals surface area contributed by atoms with Gasteiger partial charge in [0.05, 0.1) is 6.54 Å². The molecule has 1 amide bonds. The lowest BCUT2D eigenvalue weighted by atomic mass is 10.3. The number of ether oxygens (including phenoxy) is 1. The molecule has 1 fully saturated rings. The Morgan fingerprint density at radius 3 is 2.83 bits per heavy atom. The molecule has 2 aromatic rings. The molecule has 1 saturated heterocycles. The number of amides is 1. The van der Waals surface area contributed by atoms with Crippen LogP contribution in [0.15, 0.2) is 38.1 Å². The van der Waals surface area contributed by atoms with Crippen LogP contribution in [0.5, 0.6) is 5.75 Å². The van der Waals surface area contributed by atoms with Crippen molar-refractivity contribution in [2.75, 3.05) is 13.1 Å². The molecule has 0 bridgehead atoms. The zero-order valence-corrected chi connectivity index (χ0v) is 14.5. The fourth-order valence-corrected chi connectivity index (χ4v) is 2.90. The number of pyridine rings is 1. The van der Waals surface area contributed by atoms with Crippen LogP contribution in [-0.2, 0) is 7.05 Å².